The molecular formula is C12H14. The molecule has 1 saturated carbocycles. The van der Waals surface area contributed by atoms with Crippen LogP contribution in [0.5, 0.6) is 0 Å². The van der Waals surface area contributed by atoms with Crippen LogP contribution in [0.15, 0.2) is 36.0 Å². The molecule has 0 bridgehead atoms. The molecular weight excluding hydrogens is 144 g/mol. The molecule has 62 valence electrons. The molecule has 3 aliphatic rings. The predicted octanol–water partition coefficient (Wildman–Crippen LogP) is 3.23. The van der Waals surface area contributed by atoms with Crippen molar-refractivity contribution >= 4 is 0 Å². The highest BCUT2D eigenvalue weighted by Crippen LogP contribution is 2.64. The Hall–Kier alpha value is -0.780. The minimum absolute atomic E-state index is 0.613. The van der Waals surface area contributed by atoms with Gasteiger partial charge in [0.25, 0.3) is 0 Å². The number of rotatable bonds is 0. The van der Waals surface area contributed by atoms with E-state index < -0.39 is 0 Å². The van der Waals surface area contributed by atoms with Gasteiger partial charge in [-0.3, -0.25) is 0 Å². The van der Waals surface area contributed by atoms with Crippen molar-refractivity contribution in [2.24, 2.45) is 11.3 Å². The zero-order valence-electron chi connectivity index (χ0n) is 7.29. The Bertz CT molecular complexity index is 293. The van der Waals surface area contributed by atoms with Crippen LogP contribution in [-0.2, 0) is 0 Å². The van der Waals surface area contributed by atoms with Crippen LogP contribution in [-0.4, -0.2) is 0 Å². The molecule has 0 heterocycles. The van der Waals surface area contributed by atoms with Gasteiger partial charge in [-0.05, 0) is 31.6 Å². The summed E-state index contributed by atoms with van der Waals surface area (Å²) in [4.78, 5) is 0. The summed E-state index contributed by atoms with van der Waals surface area (Å²) in [5.41, 5.74) is 2.34. The minimum Gasteiger partial charge on any atom is -0.0882 e. The maximum atomic E-state index is 2.39. The summed E-state index contributed by atoms with van der Waals surface area (Å²) in [6, 6.07) is 0. The summed E-state index contributed by atoms with van der Waals surface area (Å²) in [7, 11) is 0. The third kappa shape index (κ3) is 0.730. The molecule has 1 spiro atoms. The zero-order valence-corrected chi connectivity index (χ0v) is 7.29. The van der Waals surface area contributed by atoms with Gasteiger partial charge in [-0.2, -0.15) is 0 Å². The van der Waals surface area contributed by atoms with Crippen LogP contribution in [0, 0.1) is 11.3 Å². The van der Waals surface area contributed by atoms with Gasteiger partial charge in [0.15, 0.2) is 0 Å². The third-order valence-electron chi connectivity index (χ3n) is 3.64. The Balaban J connectivity index is 2.01. The van der Waals surface area contributed by atoms with E-state index in [0.29, 0.717) is 5.41 Å². The third-order valence-corrected chi connectivity index (χ3v) is 3.64. The zero-order chi connectivity index (χ0) is 8.02. The van der Waals surface area contributed by atoms with E-state index in [9.17, 15) is 0 Å². The van der Waals surface area contributed by atoms with E-state index in [4.69, 9.17) is 0 Å². The molecule has 0 aromatic carbocycles. The molecule has 0 heteroatoms. The highest BCUT2D eigenvalue weighted by molar-refractivity contribution is 5.38. The second kappa shape index (κ2) is 2.12. The summed E-state index contributed by atoms with van der Waals surface area (Å²) in [6.07, 6.45) is 17.0. The highest BCUT2D eigenvalue weighted by atomic mass is 14.6. The SMILES string of the molecule is C1=CC2CC23CC=CCCC3=C1. The fourth-order valence-corrected chi connectivity index (χ4v) is 2.78. The van der Waals surface area contributed by atoms with Crippen LogP contribution >= 0.6 is 0 Å². The van der Waals surface area contributed by atoms with Crippen molar-refractivity contribution in [2.45, 2.75) is 25.7 Å². The van der Waals surface area contributed by atoms with Crippen molar-refractivity contribution < 1.29 is 0 Å². The van der Waals surface area contributed by atoms with E-state index in [1.165, 1.54) is 25.7 Å². The molecule has 0 aromatic heterocycles. The van der Waals surface area contributed by atoms with Crippen LogP contribution in [0.2, 0.25) is 0 Å². The average Bonchev–Trinajstić information content (AvgIpc) is 2.79. The standard InChI is InChI=1S/C12H14/c1-2-5-10-6-4-7-11-9-12(10,11)8-3-1/h1,3-4,6-7,11H,2,5,8-9H2. The molecule has 0 aliphatic heterocycles. The van der Waals surface area contributed by atoms with E-state index in [1.807, 2.05) is 0 Å². The lowest BCUT2D eigenvalue weighted by Crippen LogP contribution is -2.07. The Morgan fingerprint density at radius 1 is 1.33 bits per heavy atom. The van der Waals surface area contributed by atoms with Crippen LogP contribution in [0.1, 0.15) is 25.7 Å². The molecule has 0 N–H and O–H groups in total. The van der Waals surface area contributed by atoms with Crippen LogP contribution in [0.4, 0.5) is 0 Å². The van der Waals surface area contributed by atoms with Crippen molar-refractivity contribution in [1.29, 1.82) is 0 Å². The summed E-state index contributed by atoms with van der Waals surface area (Å²) in [5.74, 6) is 0.889. The molecule has 3 rings (SSSR count). The smallest absolute Gasteiger partial charge is 0.00186 e. The average molecular weight is 158 g/mol. The van der Waals surface area contributed by atoms with Crippen LogP contribution in [0.3, 0.4) is 0 Å². The lowest BCUT2D eigenvalue weighted by molar-refractivity contribution is 0.562. The summed E-state index contributed by atoms with van der Waals surface area (Å²) in [6.45, 7) is 0. The maximum absolute atomic E-state index is 2.39. The molecule has 0 nitrogen and oxygen atoms in total. The quantitative estimate of drug-likeness (QED) is 0.475. The first-order chi connectivity index (χ1) is 5.92. The Kier molecular flexibility index (Phi) is 1.19. The molecule has 3 aliphatic carbocycles. The van der Waals surface area contributed by atoms with Gasteiger partial charge in [-0.1, -0.05) is 36.0 Å². The monoisotopic (exact) mass is 158 g/mol. The Morgan fingerprint density at radius 3 is 3.33 bits per heavy atom. The molecule has 0 radical (unpaired) electrons. The van der Waals surface area contributed by atoms with Gasteiger partial charge in [0.2, 0.25) is 0 Å². The largest absolute Gasteiger partial charge is 0.0882 e. The lowest BCUT2D eigenvalue weighted by atomic mass is 9.86. The molecule has 2 atom stereocenters. The summed E-state index contributed by atoms with van der Waals surface area (Å²) < 4.78 is 0. The van der Waals surface area contributed by atoms with Gasteiger partial charge >= 0.3 is 0 Å². The number of allylic oxidation sites excluding steroid dienone is 6. The lowest BCUT2D eigenvalue weighted by Gasteiger charge is -2.19. The van der Waals surface area contributed by atoms with Crippen molar-refractivity contribution in [1.82, 2.24) is 0 Å². The van der Waals surface area contributed by atoms with E-state index in [1.54, 1.807) is 5.57 Å². The molecule has 0 amide bonds. The summed E-state index contributed by atoms with van der Waals surface area (Å²) >= 11 is 0. The number of hydrogen-bond donors (Lipinski definition) is 0. The van der Waals surface area contributed by atoms with Gasteiger partial charge in [0, 0.05) is 5.41 Å². The molecule has 12 heavy (non-hydrogen) atoms. The molecule has 0 aromatic rings. The van der Waals surface area contributed by atoms with Gasteiger partial charge in [-0.25, -0.2) is 0 Å². The van der Waals surface area contributed by atoms with E-state index in [0.717, 1.165) is 5.92 Å². The minimum atomic E-state index is 0.613. The van der Waals surface area contributed by atoms with Crippen molar-refractivity contribution in [3.05, 3.63) is 36.0 Å². The molecule has 0 saturated heterocycles. The predicted molar refractivity (Wildman–Crippen MR) is 50.8 cm³/mol. The van der Waals surface area contributed by atoms with Crippen LogP contribution in [0.25, 0.3) is 0 Å². The maximum Gasteiger partial charge on any atom is 0.00186 e. The van der Waals surface area contributed by atoms with Crippen molar-refractivity contribution in [2.75, 3.05) is 0 Å². The van der Waals surface area contributed by atoms with E-state index in [-0.39, 0.29) is 0 Å². The first-order valence-corrected chi connectivity index (χ1v) is 4.95. The first-order valence-electron chi connectivity index (χ1n) is 4.95. The number of hydrogen-bond acceptors (Lipinski definition) is 0. The van der Waals surface area contributed by atoms with Gasteiger partial charge in [0.05, 0.1) is 0 Å². The van der Waals surface area contributed by atoms with Crippen molar-refractivity contribution in [3.8, 4) is 0 Å². The highest BCUT2D eigenvalue weighted by Gasteiger charge is 2.54. The fourth-order valence-electron chi connectivity index (χ4n) is 2.78. The first kappa shape index (κ1) is 6.71. The van der Waals surface area contributed by atoms with Gasteiger partial charge < -0.3 is 0 Å². The summed E-state index contributed by atoms with van der Waals surface area (Å²) in [5, 5.41) is 0. The van der Waals surface area contributed by atoms with Gasteiger partial charge in [-0.15, -0.1) is 0 Å². The van der Waals surface area contributed by atoms with E-state index in [2.05, 4.69) is 30.4 Å². The van der Waals surface area contributed by atoms with Crippen LogP contribution < -0.4 is 0 Å². The molecule has 1 fully saturated rings. The fraction of sp³-hybridized carbons (Fsp3) is 0.500. The second-order valence-corrected chi connectivity index (χ2v) is 4.26. The normalized spacial score (nSPS) is 42.7. The topological polar surface area (TPSA) is 0 Å². The van der Waals surface area contributed by atoms with E-state index >= 15 is 0 Å². The Morgan fingerprint density at radius 2 is 2.33 bits per heavy atom. The second-order valence-electron chi connectivity index (χ2n) is 4.26. The molecule has 2 unspecified atom stereocenters. The van der Waals surface area contributed by atoms with Gasteiger partial charge in [0.1, 0.15) is 0 Å². The van der Waals surface area contributed by atoms with Crippen molar-refractivity contribution in [3.63, 3.8) is 0 Å². The Labute approximate surface area is 73.7 Å².